The largest absolute Gasteiger partial charge is 0.480 e. The molecule has 0 amide bonds. The summed E-state index contributed by atoms with van der Waals surface area (Å²) in [6.07, 6.45) is 3.20. The Labute approximate surface area is 109 Å². The lowest BCUT2D eigenvalue weighted by Crippen LogP contribution is -2.12. The first-order valence-electron chi connectivity index (χ1n) is 5.92. The van der Waals surface area contributed by atoms with Gasteiger partial charge in [0.05, 0.1) is 0 Å². The number of rotatable bonds is 6. The van der Waals surface area contributed by atoms with Gasteiger partial charge >= 0.3 is 5.97 Å². The first-order chi connectivity index (χ1) is 8.74. The van der Waals surface area contributed by atoms with Gasteiger partial charge in [-0.2, -0.15) is 11.8 Å². The summed E-state index contributed by atoms with van der Waals surface area (Å²) in [6, 6.07) is 0. The van der Waals surface area contributed by atoms with Crippen LogP contribution in [0.3, 0.4) is 0 Å². The molecule has 0 radical (unpaired) electrons. The Bertz CT molecular complexity index is 390. The molecule has 1 aliphatic heterocycles. The highest BCUT2D eigenvalue weighted by molar-refractivity contribution is 7.99. The van der Waals surface area contributed by atoms with Gasteiger partial charge in [-0.1, -0.05) is 0 Å². The van der Waals surface area contributed by atoms with Crippen molar-refractivity contribution < 1.29 is 19.1 Å². The van der Waals surface area contributed by atoms with Crippen molar-refractivity contribution in [2.45, 2.75) is 25.9 Å². The van der Waals surface area contributed by atoms with E-state index >= 15 is 0 Å². The summed E-state index contributed by atoms with van der Waals surface area (Å²) in [5, 5.41) is 16.2. The highest BCUT2D eigenvalue weighted by Gasteiger charge is 2.17. The summed E-state index contributed by atoms with van der Waals surface area (Å²) >= 11 is 1.99. The molecule has 0 aromatic carbocycles. The second-order valence-electron chi connectivity index (χ2n) is 4.24. The van der Waals surface area contributed by atoms with Crippen LogP contribution in [0.5, 0.6) is 0 Å². The van der Waals surface area contributed by atoms with E-state index in [0.717, 1.165) is 6.42 Å². The van der Waals surface area contributed by atoms with Crippen LogP contribution < -0.4 is 0 Å². The van der Waals surface area contributed by atoms with Gasteiger partial charge < -0.3 is 14.3 Å². The molecule has 0 bridgehead atoms. The van der Waals surface area contributed by atoms with Gasteiger partial charge in [-0.25, -0.2) is 4.79 Å². The fourth-order valence-electron chi connectivity index (χ4n) is 1.85. The van der Waals surface area contributed by atoms with Crippen molar-refractivity contribution in [3.63, 3.8) is 0 Å². The molecule has 0 saturated carbocycles. The summed E-state index contributed by atoms with van der Waals surface area (Å²) in [4.78, 5) is 10.3. The van der Waals surface area contributed by atoms with Crippen LogP contribution in [0.2, 0.25) is 0 Å². The smallest absolute Gasteiger partial charge is 0.329 e. The Morgan fingerprint density at radius 2 is 2.11 bits per heavy atom. The van der Waals surface area contributed by atoms with Crippen molar-refractivity contribution in [1.29, 1.82) is 0 Å². The Kier molecular flexibility index (Phi) is 5.00. The zero-order valence-corrected chi connectivity index (χ0v) is 10.8. The maximum Gasteiger partial charge on any atom is 0.329 e. The molecule has 1 aliphatic rings. The monoisotopic (exact) mass is 272 g/mol. The highest BCUT2D eigenvalue weighted by atomic mass is 32.2. The summed E-state index contributed by atoms with van der Waals surface area (Å²) in [7, 11) is 0. The van der Waals surface area contributed by atoms with Gasteiger partial charge in [-0.05, 0) is 30.3 Å². The normalized spacial score (nSPS) is 16.9. The van der Waals surface area contributed by atoms with Gasteiger partial charge in [0.15, 0.2) is 0 Å². The number of hydrogen-bond acceptors (Lipinski definition) is 6. The van der Waals surface area contributed by atoms with E-state index in [4.69, 9.17) is 14.3 Å². The number of carboxylic acids is 1. The van der Waals surface area contributed by atoms with Crippen LogP contribution in [0.4, 0.5) is 0 Å². The van der Waals surface area contributed by atoms with Crippen LogP contribution in [0.25, 0.3) is 0 Å². The topological polar surface area (TPSA) is 85.5 Å². The Morgan fingerprint density at radius 1 is 1.39 bits per heavy atom. The van der Waals surface area contributed by atoms with Crippen LogP contribution in [0.1, 0.15) is 24.6 Å². The van der Waals surface area contributed by atoms with Gasteiger partial charge in [0.25, 0.3) is 0 Å². The van der Waals surface area contributed by atoms with Crippen LogP contribution in [0, 0.1) is 5.92 Å². The van der Waals surface area contributed by atoms with E-state index in [1.807, 2.05) is 11.8 Å². The first kappa shape index (κ1) is 13.4. The van der Waals surface area contributed by atoms with Gasteiger partial charge in [0.1, 0.15) is 13.2 Å². The third-order valence-corrected chi connectivity index (χ3v) is 3.81. The predicted molar refractivity (Wildman–Crippen MR) is 65.3 cm³/mol. The molecular weight excluding hydrogens is 256 g/mol. The molecule has 6 nitrogen and oxygen atoms in total. The number of thioether (sulfide) groups is 1. The lowest BCUT2D eigenvalue weighted by Gasteiger charge is -2.19. The van der Waals surface area contributed by atoms with E-state index in [9.17, 15) is 4.79 Å². The number of carbonyl (C=O) groups is 1. The lowest BCUT2D eigenvalue weighted by molar-refractivity contribution is -0.142. The molecule has 7 heteroatoms. The predicted octanol–water partition coefficient (Wildman–Crippen LogP) is 1.36. The van der Waals surface area contributed by atoms with E-state index < -0.39 is 5.97 Å². The quantitative estimate of drug-likeness (QED) is 0.836. The fourth-order valence-corrected chi connectivity index (χ4v) is 3.06. The summed E-state index contributed by atoms with van der Waals surface area (Å²) < 4.78 is 10.3. The van der Waals surface area contributed by atoms with Crippen LogP contribution in [-0.2, 0) is 22.6 Å². The molecule has 2 heterocycles. The Morgan fingerprint density at radius 3 is 2.83 bits per heavy atom. The van der Waals surface area contributed by atoms with Gasteiger partial charge in [0, 0.05) is 6.42 Å². The van der Waals surface area contributed by atoms with Crippen molar-refractivity contribution in [3.8, 4) is 0 Å². The zero-order valence-electron chi connectivity index (χ0n) is 10.0. The van der Waals surface area contributed by atoms with E-state index in [1.165, 1.54) is 24.3 Å². The maximum absolute atomic E-state index is 10.3. The zero-order chi connectivity index (χ0) is 12.8. The van der Waals surface area contributed by atoms with Crippen LogP contribution in [0.15, 0.2) is 4.42 Å². The molecule has 0 aliphatic carbocycles. The molecule has 1 N–H and O–H groups in total. The van der Waals surface area contributed by atoms with Gasteiger partial charge in [0.2, 0.25) is 11.8 Å². The second-order valence-corrected chi connectivity index (χ2v) is 5.46. The number of ether oxygens (including phenoxy) is 1. The molecule has 1 saturated heterocycles. The maximum atomic E-state index is 10.3. The minimum absolute atomic E-state index is 0.0554. The molecule has 0 spiro atoms. The molecule has 0 atom stereocenters. The van der Waals surface area contributed by atoms with Gasteiger partial charge in [-0.15, -0.1) is 10.2 Å². The molecule has 0 unspecified atom stereocenters. The summed E-state index contributed by atoms with van der Waals surface area (Å²) in [5.74, 6) is 2.99. The van der Waals surface area contributed by atoms with Crippen molar-refractivity contribution in [2.75, 3.05) is 18.1 Å². The molecule has 1 aromatic rings. The molecular formula is C11H16N2O4S. The average molecular weight is 272 g/mol. The van der Waals surface area contributed by atoms with Crippen LogP contribution >= 0.6 is 11.8 Å². The molecule has 1 fully saturated rings. The Hall–Kier alpha value is -1.08. The molecule has 2 rings (SSSR count). The minimum atomic E-state index is -1.01. The van der Waals surface area contributed by atoms with E-state index in [0.29, 0.717) is 17.7 Å². The Balaban J connectivity index is 1.76. The van der Waals surface area contributed by atoms with Gasteiger partial charge in [-0.3, -0.25) is 0 Å². The molecule has 1 aromatic heterocycles. The third-order valence-electron chi connectivity index (χ3n) is 2.76. The second kappa shape index (κ2) is 6.75. The summed E-state index contributed by atoms with van der Waals surface area (Å²) in [5.41, 5.74) is 0. The number of nitrogens with zero attached hydrogens (tertiary/aromatic N) is 2. The number of aromatic nitrogens is 2. The molecule has 18 heavy (non-hydrogen) atoms. The minimum Gasteiger partial charge on any atom is -0.480 e. The molecule has 100 valence electrons. The lowest BCUT2D eigenvalue weighted by atomic mass is 9.99. The third kappa shape index (κ3) is 4.30. The standard InChI is InChI=1S/C11H16N2O4S/c14-11(15)7-16-6-10-13-12-9(17-10)5-8-1-3-18-4-2-8/h8H,1-7H2,(H,14,15). The fraction of sp³-hybridized carbons (Fsp3) is 0.727. The number of aliphatic carboxylic acids is 1. The van der Waals surface area contributed by atoms with Crippen molar-refractivity contribution in [3.05, 3.63) is 11.8 Å². The van der Waals surface area contributed by atoms with E-state index in [-0.39, 0.29) is 13.2 Å². The highest BCUT2D eigenvalue weighted by Crippen LogP contribution is 2.25. The van der Waals surface area contributed by atoms with E-state index in [1.54, 1.807) is 0 Å². The van der Waals surface area contributed by atoms with E-state index in [2.05, 4.69) is 10.2 Å². The number of carboxylic acid groups (broad SMARTS) is 1. The van der Waals surface area contributed by atoms with Crippen molar-refractivity contribution >= 4 is 17.7 Å². The van der Waals surface area contributed by atoms with Crippen molar-refractivity contribution in [1.82, 2.24) is 10.2 Å². The van der Waals surface area contributed by atoms with Crippen molar-refractivity contribution in [2.24, 2.45) is 5.92 Å². The first-order valence-corrected chi connectivity index (χ1v) is 7.08. The SMILES string of the molecule is O=C(O)COCc1nnc(CC2CCSCC2)o1. The number of hydrogen-bond donors (Lipinski definition) is 1. The summed E-state index contributed by atoms with van der Waals surface area (Å²) in [6.45, 7) is -0.294. The van der Waals surface area contributed by atoms with Crippen LogP contribution in [-0.4, -0.2) is 39.4 Å². The average Bonchev–Trinajstić information content (AvgIpc) is 2.78.